The van der Waals surface area contributed by atoms with E-state index in [2.05, 4.69) is 20.1 Å². The molecule has 20 heavy (non-hydrogen) atoms. The summed E-state index contributed by atoms with van der Waals surface area (Å²) >= 11 is 0. The topological polar surface area (TPSA) is 73.0 Å². The van der Waals surface area contributed by atoms with Gasteiger partial charge >= 0.3 is 6.18 Å². The number of halogens is 3. The van der Waals surface area contributed by atoms with Crippen molar-refractivity contribution < 1.29 is 22.5 Å². The van der Waals surface area contributed by atoms with E-state index in [9.17, 15) is 18.0 Å². The van der Waals surface area contributed by atoms with Crippen LogP contribution in [0.1, 0.15) is 17.1 Å². The van der Waals surface area contributed by atoms with E-state index in [1.165, 1.54) is 13.2 Å². The van der Waals surface area contributed by atoms with Crippen LogP contribution in [0.5, 0.6) is 0 Å². The highest BCUT2D eigenvalue weighted by molar-refractivity contribution is 5.90. The van der Waals surface area contributed by atoms with E-state index in [0.717, 1.165) is 10.7 Å². The molecule has 0 fully saturated rings. The van der Waals surface area contributed by atoms with Crippen molar-refractivity contribution >= 4 is 11.6 Å². The van der Waals surface area contributed by atoms with Gasteiger partial charge in [0.05, 0.1) is 0 Å². The van der Waals surface area contributed by atoms with Crippen LogP contribution in [0.2, 0.25) is 0 Å². The Hall–Kier alpha value is -2.32. The molecule has 2 aromatic rings. The quantitative estimate of drug-likeness (QED) is 0.939. The zero-order valence-corrected chi connectivity index (χ0v) is 10.7. The summed E-state index contributed by atoms with van der Waals surface area (Å²) < 4.78 is 43.1. The number of carbonyl (C=O) groups is 1. The Kier molecular flexibility index (Phi) is 3.51. The number of nitrogens with one attached hydrogen (secondary N) is 1. The Balaban J connectivity index is 2.09. The summed E-state index contributed by atoms with van der Waals surface area (Å²) in [5, 5.41) is 9.41. The van der Waals surface area contributed by atoms with Gasteiger partial charge in [0.1, 0.15) is 24.2 Å². The van der Waals surface area contributed by atoms with Crippen molar-refractivity contribution in [1.82, 2.24) is 14.9 Å². The van der Waals surface area contributed by atoms with Crippen molar-refractivity contribution in [2.75, 3.05) is 5.32 Å². The highest BCUT2D eigenvalue weighted by Gasteiger charge is 2.34. The van der Waals surface area contributed by atoms with Crippen molar-refractivity contribution in [2.45, 2.75) is 26.6 Å². The van der Waals surface area contributed by atoms with Gasteiger partial charge in [-0.05, 0) is 19.9 Å². The van der Waals surface area contributed by atoms with E-state index < -0.39 is 17.8 Å². The highest BCUT2D eigenvalue weighted by atomic mass is 19.4. The molecule has 6 nitrogen and oxygen atoms in total. The predicted molar refractivity (Wildman–Crippen MR) is 61.8 cm³/mol. The Morgan fingerprint density at radius 3 is 2.65 bits per heavy atom. The molecule has 0 saturated carbocycles. The van der Waals surface area contributed by atoms with Gasteiger partial charge in [0.2, 0.25) is 5.91 Å². The van der Waals surface area contributed by atoms with Crippen LogP contribution in [-0.2, 0) is 17.5 Å². The number of aryl methyl sites for hydroxylation is 2. The number of carbonyl (C=O) groups excluding carboxylic acids is 1. The molecular weight excluding hydrogens is 277 g/mol. The van der Waals surface area contributed by atoms with Gasteiger partial charge in [0.25, 0.3) is 0 Å². The second-order valence-corrected chi connectivity index (χ2v) is 4.19. The van der Waals surface area contributed by atoms with Gasteiger partial charge in [-0.1, -0.05) is 5.16 Å². The molecule has 0 aromatic carbocycles. The molecule has 1 N–H and O–H groups in total. The van der Waals surface area contributed by atoms with E-state index in [4.69, 9.17) is 0 Å². The fourth-order valence-corrected chi connectivity index (χ4v) is 1.55. The first-order valence-corrected chi connectivity index (χ1v) is 5.60. The largest absolute Gasteiger partial charge is 0.435 e. The average molecular weight is 288 g/mol. The lowest BCUT2D eigenvalue weighted by molar-refractivity contribution is -0.141. The van der Waals surface area contributed by atoms with Crippen LogP contribution in [0.25, 0.3) is 0 Å². The van der Waals surface area contributed by atoms with Crippen molar-refractivity contribution in [3.63, 3.8) is 0 Å². The number of hydrogen-bond acceptors (Lipinski definition) is 4. The molecule has 2 rings (SSSR count). The molecule has 0 aliphatic carbocycles. The van der Waals surface area contributed by atoms with E-state index in [0.29, 0.717) is 11.4 Å². The van der Waals surface area contributed by atoms with Crippen LogP contribution < -0.4 is 5.32 Å². The summed E-state index contributed by atoms with van der Waals surface area (Å²) in [6.45, 7) is 2.74. The summed E-state index contributed by atoms with van der Waals surface area (Å²) in [7, 11) is 0. The molecule has 0 aliphatic heterocycles. The number of anilines is 1. The molecule has 0 saturated heterocycles. The van der Waals surface area contributed by atoms with E-state index >= 15 is 0 Å². The second-order valence-electron chi connectivity index (χ2n) is 4.19. The molecule has 108 valence electrons. The van der Waals surface area contributed by atoms with E-state index in [1.807, 2.05) is 0 Å². The van der Waals surface area contributed by atoms with Gasteiger partial charge in [0, 0.05) is 5.69 Å². The highest BCUT2D eigenvalue weighted by Crippen LogP contribution is 2.28. The summed E-state index contributed by atoms with van der Waals surface area (Å²) in [5.41, 5.74) is 0.0702. The minimum absolute atomic E-state index is 0.245. The lowest BCUT2D eigenvalue weighted by Gasteiger charge is -2.05. The van der Waals surface area contributed by atoms with E-state index in [1.54, 1.807) is 6.92 Å². The van der Waals surface area contributed by atoms with Crippen molar-refractivity contribution in [3.05, 3.63) is 29.4 Å². The zero-order valence-electron chi connectivity index (χ0n) is 10.7. The summed E-state index contributed by atoms with van der Waals surface area (Å²) in [5.74, 6) is -0.517. The van der Waals surface area contributed by atoms with Gasteiger partial charge in [-0.3, -0.25) is 9.48 Å². The van der Waals surface area contributed by atoms with Gasteiger partial charge in [0.15, 0.2) is 5.69 Å². The Morgan fingerprint density at radius 1 is 1.45 bits per heavy atom. The smallest absolute Gasteiger partial charge is 0.362 e. The SMILES string of the molecule is Cc1nocc1NC(=O)Cn1nc(C(F)(F)F)cc1C. The Labute approximate surface area is 111 Å². The lowest BCUT2D eigenvalue weighted by Crippen LogP contribution is -2.21. The minimum atomic E-state index is -4.53. The number of amides is 1. The van der Waals surface area contributed by atoms with Gasteiger partial charge in [-0.2, -0.15) is 18.3 Å². The van der Waals surface area contributed by atoms with Crippen LogP contribution in [0, 0.1) is 13.8 Å². The number of hydrogen-bond donors (Lipinski definition) is 1. The number of nitrogens with zero attached hydrogens (tertiary/aromatic N) is 3. The third kappa shape index (κ3) is 2.98. The first-order chi connectivity index (χ1) is 9.27. The number of aromatic nitrogens is 3. The van der Waals surface area contributed by atoms with Crippen LogP contribution in [0.4, 0.5) is 18.9 Å². The molecule has 0 aliphatic rings. The molecule has 2 aromatic heterocycles. The predicted octanol–water partition coefficient (Wildman–Crippen LogP) is 2.15. The molecule has 0 atom stereocenters. The van der Waals surface area contributed by atoms with Gasteiger partial charge < -0.3 is 9.84 Å². The maximum Gasteiger partial charge on any atom is 0.435 e. The number of rotatable bonds is 3. The zero-order chi connectivity index (χ0) is 14.9. The van der Waals surface area contributed by atoms with Crippen LogP contribution in [-0.4, -0.2) is 20.8 Å². The molecule has 2 heterocycles. The van der Waals surface area contributed by atoms with Crippen molar-refractivity contribution in [2.24, 2.45) is 0 Å². The van der Waals surface area contributed by atoms with Crippen LogP contribution >= 0.6 is 0 Å². The molecule has 0 bridgehead atoms. The number of alkyl halides is 3. The van der Waals surface area contributed by atoms with Crippen molar-refractivity contribution in [3.8, 4) is 0 Å². The normalized spacial score (nSPS) is 11.7. The summed E-state index contributed by atoms with van der Waals surface area (Å²) in [6.07, 6.45) is -3.29. The molecule has 0 radical (unpaired) electrons. The summed E-state index contributed by atoms with van der Waals surface area (Å²) in [6, 6.07) is 0.887. The third-order valence-electron chi connectivity index (χ3n) is 2.59. The van der Waals surface area contributed by atoms with Crippen LogP contribution in [0.15, 0.2) is 16.9 Å². The maximum absolute atomic E-state index is 12.5. The van der Waals surface area contributed by atoms with E-state index in [-0.39, 0.29) is 12.2 Å². The first kappa shape index (κ1) is 14.1. The molecule has 0 unspecified atom stereocenters. The van der Waals surface area contributed by atoms with Crippen LogP contribution in [0.3, 0.4) is 0 Å². The Bertz CT molecular complexity index is 630. The standard InChI is InChI=1S/C11H11F3N4O2/c1-6-3-9(11(12,13)14)16-18(6)4-10(19)15-8-5-20-17-7(8)2/h3,5H,4H2,1-2H3,(H,15,19). The van der Waals surface area contributed by atoms with Crippen molar-refractivity contribution in [1.29, 1.82) is 0 Å². The average Bonchev–Trinajstić information content (AvgIpc) is 2.87. The fraction of sp³-hybridized carbons (Fsp3) is 0.364. The molecule has 1 amide bonds. The molecular formula is C11H11F3N4O2. The monoisotopic (exact) mass is 288 g/mol. The Morgan fingerprint density at radius 2 is 2.15 bits per heavy atom. The first-order valence-electron chi connectivity index (χ1n) is 5.60. The molecule has 0 spiro atoms. The van der Waals surface area contributed by atoms with Gasteiger partial charge in [-0.15, -0.1) is 0 Å². The minimum Gasteiger partial charge on any atom is -0.362 e. The second kappa shape index (κ2) is 4.99. The van der Waals surface area contributed by atoms with Gasteiger partial charge in [-0.25, -0.2) is 0 Å². The summed E-state index contributed by atoms with van der Waals surface area (Å²) in [4.78, 5) is 11.7. The maximum atomic E-state index is 12.5. The third-order valence-corrected chi connectivity index (χ3v) is 2.59. The lowest BCUT2D eigenvalue weighted by atomic mass is 10.3. The fourth-order valence-electron chi connectivity index (χ4n) is 1.55. The molecule has 9 heteroatoms.